The van der Waals surface area contributed by atoms with E-state index in [4.69, 9.17) is 15.2 Å². The van der Waals surface area contributed by atoms with Crippen molar-refractivity contribution in [2.24, 2.45) is 0 Å². The fraction of sp³-hybridized carbons (Fsp3) is 0.130. The topological polar surface area (TPSA) is 78.6 Å². The van der Waals surface area contributed by atoms with Gasteiger partial charge in [-0.05, 0) is 52.9 Å². The van der Waals surface area contributed by atoms with E-state index >= 15 is 0 Å². The van der Waals surface area contributed by atoms with Crippen LogP contribution in [0, 0.1) is 0 Å². The number of anilines is 1. The second kappa shape index (κ2) is 7.19. The van der Waals surface area contributed by atoms with Crippen molar-refractivity contribution >= 4 is 17.4 Å². The molecule has 0 saturated heterocycles. The molecule has 3 aromatic carbocycles. The fourth-order valence-corrected chi connectivity index (χ4v) is 3.48. The number of nitrogens with two attached hydrogens (primary N) is 1. The minimum atomic E-state index is -0.601. The van der Waals surface area contributed by atoms with E-state index in [0.717, 1.165) is 17.5 Å². The lowest BCUT2D eigenvalue weighted by molar-refractivity contribution is 0.0475. The van der Waals surface area contributed by atoms with E-state index in [2.05, 4.69) is 12.1 Å². The summed E-state index contributed by atoms with van der Waals surface area (Å²) in [5.41, 5.74) is 11.7. The zero-order chi connectivity index (χ0) is 19.7. The molecule has 0 aromatic heterocycles. The zero-order valence-corrected chi connectivity index (χ0v) is 15.4. The van der Waals surface area contributed by atoms with Crippen molar-refractivity contribution in [1.29, 1.82) is 0 Å². The van der Waals surface area contributed by atoms with Crippen molar-refractivity contribution in [1.82, 2.24) is 0 Å². The molecule has 0 atom stereocenters. The van der Waals surface area contributed by atoms with Gasteiger partial charge in [-0.2, -0.15) is 0 Å². The van der Waals surface area contributed by atoms with Crippen LogP contribution in [0.5, 0.6) is 5.75 Å². The molecule has 0 heterocycles. The first-order chi connectivity index (χ1) is 13.6. The minimum Gasteiger partial charge on any atom is -0.495 e. The van der Waals surface area contributed by atoms with Crippen LogP contribution in [0.3, 0.4) is 0 Å². The molecule has 0 spiro atoms. The summed E-state index contributed by atoms with van der Waals surface area (Å²) in [6.45, 7) is -0.323. The van der Waals surface area contributed by atoms with Gasteiger partial charge >= 0.3 is 5.97 Å². The van der Waals surface area contributed by atoms with E-state index in [1.807, 2.05) is 24.3 Å². The first kappa shape index (κ1) is 17.8. The lowest BCUT2D eigenvalue weighted by atomic mass is 10.0. The van der Waals surface area contributed by atoms with Crippen molar-refractivity contribution in [2.75, 3.05) is 19.5 Å². The SMILES string of the molecule is COc1ccc(C(=O)OCC(=O)c2ccc3c(c2)Cc2ccccc2-3)cc1N. The molecule has 5 heteroatoms. The van der Waals surface area contributed by atoms with Gasteiger partial charge in [-0.3, -0.25) is 4.79 Å². The van der Waals surface area contributed by atoms with Crippen LogP contribution in [0.4, 0.5) is 5.69 Å². The monoisotopic (exact) mass is 373 g/mol. The number of Topliss-reactive ketones (excluding diaryl/α,β-unsaturated/α-hetero) is 1. The molecule has 1 aliphatic rings. The molecule has 1 aliphatic carbocycles. The number of hydrogen-bond acceptors (Lipinski definition) is 5. The summed E-state index contributed by atoms with van der Waals surface area (Å²) >= 11 is 0. The number of esters is 1. The van der Waals surface area contributed by atoms with E-state index in [1.54, 1.807) is 18.2 Å². The maximum atomic E-state index is 12.5. The molecule has 0 bridgehead atoms. The first-order valence-corrected chi connectivity index (χ1v) is 8.92. The van der Waals surface area contributed by atoms with E-state index in [-0.39, 0.29) is 18.0 Å². The van der Waals surface area contributed by atoms with E-state index in [0.29, 0.717) is 17.0 Å². The molecule has 28 heavy (non-hydrogen) atoms. The molecular weight excluding hydrogens is 354 g/mol. The van der Waals surface area contributed by atoms with Crippen LogP contribution in [0.2, 0.25) is 0 Å². The predicted octanol–water partition coefficient (Wildman–Crippen LogP) is 3.89. The predicted molar refractivity (Wildman–Crippen MR) is 107 cm³/mol. The summed E-state index contributed by atoms with van der Waals surface area (Å²) < 4.78 is 10.2. The first-order valence-electron chi connectivity index (χ1n) is 8.92. The summed E-state index contributed by atoms with van der Waals surface area (Å²) in [5.74, 6) is -0.364. The van der Waals surface area contributed by atoms with Crippen molar-refractivity contribution in [2.45, 2.75) is 6.42 Å². The second-order valence-electron chi connectivity index (χ2n) is 6.66. The van der Waals surface area contributed by atoms with Gasteiger partial charge in [-0.15, -0.1) is 0 Å². The largest absolute Gasteiger partial charge is 0.495 e. The van der Waals surface area contributed by atoms with Crippen LogP contribution >= 0.6 is 0 Å². The maximum absolute atomic E-state index is 12.5. The van der Waals surface area contributed by atoms with Crippen molar-refractivity contribution in [3.8, 4) is 16.9 Å². The highest BCUT2D eigenvalue weighted by Gasteiger charge is 2.20. The molecule has 4 rings (SSSR count). The molecule has 0 unspecified atom stereocenters. The van der Waals surface area contributed by atoms with Crippen LogP contribution in [0.15, 0.2) is 60.7 Å². The normalized spacial score (nSPS) is 11.5. The van der Waals surface area contributed by atoms with Crippen LogP contribution in [-0.4, -0.2) is 25.5 Å². The third-order valence-corrected chi connectivity index (χ3v) is 4.92. The van der Waals surface area contributed by atoms with Gasteiger partial charge in [0, 0.05) is 5.56 Å². The lowest BCUT2D eigenvalue weighted by Crippen LogP contribution is -2.14. The van der Waals surface area contributed by atoms with Gasteiger partial charge in [0.15, 0.2) is 12.4 Å². The van der Waals surface area contributed by atoms with Gasteiger partial charge < -0.3 is 15.2 Å². The van der Waals surface area contributed by atoms with Gasteiger partial charge in [0.1, 0.15) is 5.75 Å². The lowest BCUT2D eigenvalue weighted by Gasteiger charge is -2.08. The molecule has 0 aliphatic heterocycles. The van der Waals surface area contributed by atoms with Crippen molar-refractivity contribution in [3.05, 3.63) is 82.9 Å². The van der Waals surface area contributed by atoms with Gasteiger partial charge in [0.25, 0.3) is 0 Å². The molecule has 0 fully saturated rings. The number of ketones is 1. The number of ether oxygens (including phenoxy) is 2. The standard InChI is InChI=1S/C23H19NO4/c1-27-22-9-7-16(12-20(22)24)23(26)28-13-21(25)15-6-8-19-17(11-15)10-14-4-2-3-5-18(14)19/h2-9,11-12H,10,13,24H2,1H3. The Kier molecular flexibility index (Phi) is 4.57. The maximum Gasteiger partial charge on any atom is 0.338 e. The molecule has 5 nitrogen and oxygen atoms in total. The fourth-order valence-electron chi connectivity index (χ4n) is 3.48. The van der Waals surface area contributed by atoms with Gasteiger partial charge in [0.05, 0.1) is 18.4 Å². The number of hydrogen-bond donors (Lipinski definition) is 1. The molecular formula is C23H19NO4. The Morgan fingerprint density at radius 3 is 2.46 bits per heavy atom. The molecule has 2 N–H and O–H groups in total. The summed E-state index contributed by atoms with van der Waals surface area (Å²) in [5, 5.41) is 0. The van der Waals surface area contributed by atoms with Gasteiger partial charge in [-0.1, -0.05) is 36.4 Å². The highest BCUT2D eigenvalue weighted by atomic mass is 16.5. The zero-order valence-electron chi connectivity index (χ0n) is 15.4. The third kappa shape index (κ3) is 3.22. The Bertz CT molecular complexity index is 1090. The number of nitrogen functional groups attached to an aromatic ring is 1. The van der Waals surface area contributed by atoms with Crippen molar-refractivity contribution < 1.29 is 19.1 Å². The summed E-state index contributed by atoms with van der Waals surface area (Å²) in [7, 11) is 1.50. The Labute approximate surface area is 162 Å². The Hall–Kier alpha value is -3.60. The molecule has 140 valence electrons. The van der Waals surface area contributed by atoms with Crippen LogP contribution < -0.4 is 10.5 Å². The van der Waals surface area contributed by atoms with E-state index in [9.17, 15) is 9.59 Å². The van der Waals surface area contributed by atoms with Gasteiger partial charge in [-0.25, -0.2) is 4.79 Å². The van der Waals surface area contributed by atoms with Gasteiger partial charge in [0.2, 0.25) is 0 Å². The average Bonchev–Trinajstić information content (AvgIpc) is 3.09. The van der Waals surface area contributed by atoms with E-state index in [1.165, 1.54) is 24.3 Å². The number of benzene rings is 3. The quantitative estimate of drug-likeness (QED) is 0.326. The van der Waals surface area contributed by atoms with E-state index < -0.39 is 5.97 Å². The smallest absolute Gasteiger partial charge is 0.338 e. The molecule has 0 saturated carbocycles. The Balaban J connectivity index is 1.44. The summed E-state index contributed by atoms with van der Waals surface area (Å²) in [4.78, 5) is 24.7. The molecule has 3 aromatic rings. The highest BCUT2D eigenvalue weighted by molar-refractivity contribution is 6.00. The minimum absolute atomic E-state index is 0.242. The van der Waals surface area contributed by atoms with Crippen LogP contribution in [-0.2, 0) is 11.2 Å². The number of methoxy groups -OCH3 is 1. The number of carbonyl (C=O) groups is 2. The second-order valence-corrected chi connectivity index (χ2v) is 6.66. The number of fused-ring (bicyclic) bond motifs is 3. The summed E-state index contributed by atoms with van der Waals surface area (Å²) in [6, 6.07) is 18.4. The van der Waals surface area contributed by atoms with Crippen molar-refractivity contribution in [3.63, 3.8) is 0 Å². The number of carbonyl (C=O) groups excluding carboxylic acids is 2. The molecule has 0 radical (unpaired) electrons. The average molecular weight is 373 g/mol. The molecule has 0 amide bonds. The number of rotatable bonds is 5. The Morgan fingerprint density at radius 2 is 1.68 bits per heavy atom. The highest BCUT2D eigenvalue weighted by Crippen LogP contribution is 2.36. The van der Waals surface area contributed by atoms with Crippen LogP contribution in [0.25, 0.3) is 11.1 Å². The Morgan fingerprint density at radius 1 is 0.929 bits per heavy atom. The third-order valence-electron chi connectivity index (χ3n) is 4.92. The van der Waals surface area contributed by atoms with Crippen LogP contribution in [0.1, 0.15) is 31.8 Å². The summed E-state index contributed by atoms with van der Waals surface area (Å²) in [6.07, 6.45) is 0.803.